The van der Waals surface area contributed by atoms with Gasteiger partial charge in [-0.2, -0.15) is 0 Å². The maximum Gasteiger partial charge on any atom is 0.326 e. The van der Waals surface area contributed by atoms with Crippen LogP contribution in [-0.2, 0) is 15.4 Å². The largest absolute Gasteiger partial charge is 0.383 e. The molecule has 2 heterocycles. The number of carbonyl (C=O) groups excluding carboxylic acids is 1. The predicted molar refractivity (Wildman–Crippen MR) is 54.5 cm³/mol. The fraction of sp³-hybridized carbons (Fsp3) is 0.333. The third kappa shape index (κ3) is 2.97. The van der Waals surface area contributed by atoms with Crippen molar-refractivity contribution in [2.24, 2.45) is 0 Å². The molecule has 0 amide bonds. The Kier molecular flexibility index (Phi) is 3.41. The van der Waals surface area contributed by atoms with Crippen molar-refractivity contribution >= 4 is 29.3 Å². The SMILES string of the molecule is Cc1nnc(SOC(=O)Cc2nnn[nH]2)s1. The fourth-order valence-electron chi connectivity index (χ4n) is 0.814. The van der Waals surface area contributed by atoms with Crippen LogP contribution in [0, 0.1) is 6.92 Å². The van der Waals surface area contributed by atoms with Gasteiger partial charge in [-0.25, -0.2) is 5.10 Å². The van der Waals surface area contributed by atoms with Crippen molar-refractivity contribution in [3.05, 3.63) is 10.8 Å². The summed E-state index contributed by atoms with van der Waals surface area (Å²) in [5, 5.41) is 21.1. The number of hydrogen-bond acceptors (Lipinski definition) is 9. The van der Waals surface area contributed by atoms with Crippen molar-refractivity contribution in [1.82, 2.24) is 30.8 Å². The molecule has 0 atom stereocenters. The Morgan fingerprint density at radius 2 is 2.38 bits per heavy atom. The number of tetrazole rings is 1. The van der Waals surface area contributed by atoms with Crippen LogP contribution in [0.15, 0.2) is 4.34 Å². The van der Waals surface area contributed by atoms with E-state index >= 15 is 0 Å². The van der Waals surface area contributed by atoms with Crippen LogP contribution in [0.5, 0.6) is 0 Å². The van der Waals surface area contributed by atoms with Gasteiger partial charge in [0.05, 0.1) is 0 Å². The van der Waals surface area contributed by atoms with E-state index in [4.69, 9.17) is 4.18 Å². The first-order valence-corrected chi connectivity index (χ1v) is 5.70. The second-order valence-electron chi connectivity index (χ2n) is 2.65. The van der Waals surface area contributed by atoms with Gasteiger partial charge >= 0.3 is 5.97 Å². The summed E-state index contributed by atoms with van der Waals surface area (Å²) in [6.45, 7) is 1.82. The molecule has 2 aromatic rings. The first-order chi connectivity index (χ1) is 7.74. The summed E-state index contributed by atoms with van der Waals surface area (Å²) in [6, 6.07) is 0. The molecule has 0 saturated carbocycles. The van der Waals surface area contributed by atoms with Crippen LogP contribution in [0.3, 0.4) is 0 Å². The lowest BCUT2D eigenvalue weighted by atomic mass is 10.4. The molecule has 0 bridgehead atoms. The lowest BCUT2D eigenvalue weighted by Crippen LogP contribution is -2.04. The zero-order valence-corrected chi connectivity index (χ0v) is 9.71. The monoisotopic (exact) mass is 258 g/mol. The van der Waals surface area contributed by atoms with E-state index in [1.807, 2.05) is 6.92 Å². The van der Waals surface area contributed by atoms with Gasteiger partial charge in [-0.1, -0.05) is 11.3 Å². The lowest BCUT2D eigenvalue weighted by molar-refractivity contribution is -0.132. The molecule has 0 aromatic carbocycles. The van der Waals surface area contributed by atoms with Crippen molar-refractivity contribution in [1.29, 1.82) is 0 Å². The molecule has 0 radical (unpaired) electrons. The number of nitrogens with one attached hydrogen (secondary N) is 1. The smallest absolute Gasteiger partial charge is 0.326 e. The van der Waals surface area contributed by atoms with Gasteiger partial charge in [0.1, 0.15) is 23.5 Å². The molecule has 0 spiro atoms. The van der Waals surface area contributed by atoms with E-state index in [1.54, 1.807) is 0 Å². The Labute approximate surface area is 98.0 Å². The van der Waals surface area contributed by atoms with Gasteiger partial charge in [-0.3, -0.25) is 4.79 Å². The molecule has 0 saturated heterocycles. The minimum Gasteiger partial charge on any atom is -0.383 e. The number of carbonyl (C=O) groups is 1. The number of aromatic amines is 1. The molecule has 2 rings (SSSR count). The summed E-state index contributed by atoms with van der Waals surface area (Å²) in [6.07, 6.45) is -0.00220. The Morgan fingerprint density at radius 1 is 1.50 bits per heavy atom. The van der Waals surface area contributed by atoms with Crippen LogP contribution < -0.4 is 0 Å². The highest BCUT2D eigenvalue weighted by atomic mass is 32.2. The molecule has 10 heteroatoms. The van der Waals surface area contributed by atoms with E-state index in [9.17, 15) is 4.79 Å². The highest BCUT2D eigenvalue weighted by Gasteiger charge is 2.11. The van der Waals surface area contributed by atoms with E-state index < -0.39 is 5.97 Å². The van der Waals surface area contributed by atoms with Gasteiger partial charge in [0, 0.05) is 0 Å². The van der Waals surface area contributed by atoms with Gasteiger partial charge in [0.25, 0.3) is 0 Å². The van der Waals surface area contributed by atoms with Crippen LogP contribution in [0.2, 0.25) is 0 Å². The average molecular weight is 258 g/mol. The van der Waals surface area contributed by atoms with Gasteiger partial charge in [-0.05, 0) is 17.4 Å². The summed E-state index contributed by atoms with van der Waals surface area (Å²) in [5.41, 5.74) is 0. The molecule has 84 valence electrons. The third-order valence-electron chi connectivity index (χ3n) is 1.41. The van der Waals surface area contributed by atoms with Crippen LogP contribution in [0.25, 0.3) is 0 Å². The third-order valence-corrected chi connectivity index (χ3v) is 3.00. The second kappa shape index (κ2) is 4.99. The zero-order chi connectivity index (χ0) is 11.4. The van der Waals surface area contributed by atoms with Crippen LogP contribution >= 0.6 is 23.4 Å². The Bertz CT molecular complexity index is 469. The van der Waals surface area contributed by atoms with Crippen molar-refractivity contribution in [3.8, 4) is 0 Å². The fourth-order valence-corrected chi connectivity index (χ4v) is 2.13. The number of nitrogens with zero attached hydrogens (tertiary/aromatic N) is 5. The van der Waals surface area contributed by atoms with Gasteiger partial charge < -0.3 is 4.18 Å². The first-order valence-electron chi connectivity index (χ1n) is 4.14. The van der Waals surface area contributed by atoms with E-state index in [2.05, 4.69) is 30.8 Å². The summed E-state index contributed by atoms with van der Waals surface area (Å²) < 4.78 is 5.47. The first kappa shape index (κ1) is 11.0. The molecule has 0 aliphatic rings. The van der Waals surface area contributed by atoms with E-state index in [0.717, 1.165) is 17.1 Å². The van der Waals surface area contributed by atoms with Gasteiger partial charge in [0.2, 0.25) is 4.34 Å². The Balaban J connectivity index is 1.80. The van der Waals surface area contributed by atoms with E-state index in [1.165, 1.54) is 11.3 Å². The number of aryl methyl sites for hydroxylation is 1. The summed E-state index contributed by atoms with van der Waals surface area (Å²) >= 11 is 2.24. The molecule has 16 heavy (non-hydrogen) atoms. The number of hydrogen-bond donors (Lipinski definition) is 1. The molecule has 0 aliphatic carbocycles. The lowest BCUT2D eigenvalue weighted by Gasteiger charge is -1.96. The molecule has 2 aromatic heterocycles. The zero-order valence-electron chi connectivity index (χ0n) is 8.08. The highest BCUT2D eigenvalue weighted by molar-refractivity contribution is 7.96. The molecular formula is C6H6N6O2S2. The maximum atomic E-state index is 11.3. The summed E-state index contributed by atoms with van der Waals surface area (Å²) in [5.74, 6) is -0.0875. The van der Waals surface area contributed by atoms with Crippen LogP contribution in [0.4, 0.5) is 0 Å². The highest BCUT2D eigenvalue weighted by Crippen LogP contribution is 2.22. The van der Waals surface area contributed by atoms with Crippen molar-refractivity contribution in [2.45, 2.75) is 17.7 Å². The van der Waals surface area contributed by atoms with Crippen molar-refractivity contribution in [2.75, 3.05) is 0 Å². The van der Waals surface area contributed by atoms with Gasteiger partial charge in [0.15, 0.2) is 5.82 Å². The number of rotatable bonds is 4. The number of aromatic nitrogens is 6. The van der Waals surface area contributed by atoms with Crippen molar-refractivity contribution in [3.63, 3.8) is 0 Å². The molecule has 0 aliphatic heterocycles. The molecule has 0 fully saturated rings. The summed E-state index contributed by atoms with van der Waals surface area (Å²) in [7, 11) is 0. The van der Waals surface area contributed by atoms with Gasteiger partial charge in [-0.15, -0.1) is 15.3 Å². The minimum atomic E-state index is -0.448. The standard InChI is InChI=1S/C6H6N6O2S2/c1-3-7-10-6(15-3)16-14-5(13)2-4-8-11-12-9-4/h2H2,1H3,(H,8,9,11,12). The molecule has 0 unspecified atom stereocenters. The van der Waals surface area contributed by atoms with E-state index in [-0.39, 0.29) is 6.42 Å². The minimum absolute atomic E-state index is 0.00220. The molecule has 8 nitrogen and oxygen atoms in total. The Hall–Kier alpha value is -1.55. The van der Waals surface area contributed by atoms with Crippen molar-refractivity contribution < 1.29 is 8.98 Å². The normalized spacial score (nSPS) is 10.3. The number of H-pyrrole nitrogens is 1. The Morgan fingerprint density at radius 3 is 3.00 bits per heavy atom. The maximum absolute atomic E-state index is 11.3. The van der Waals surface area contributed by atoms with Crippen LogP contribution in [0.1, 0.15) is 10.8 Å². The predicted octanol–water partition coefficient (Wildman–Crippen LogP) is 0.153. The van der Waals surface area contributed by atoms with Crippen LogP contribution in [-0.4, -0.2) is 36.8 Å². The van der Waals surface area contributed by atoms with E-state index in [0.29, 0.717) is 10.2 Å². The topological polar surface area (TPSA) is 107 Å². The summed E-state index contributed by atoms with van der Waals surface area (Å²) in [4.78, 5) is 11.3. The second-order valence-corrected chi connectivity index (χ2v) is 4.81. The average Bonchev–Trinajstić information content (AvgIpc) is 2.87. The quantitative estimate of drug-likeness (QED) is 0.772. The molecular weight excluding hydrogens is 252 g/mol. The molecule has 1 N–H and O–H groups in total.